The van der Waals surface area contributed by atoms with Crippen LogP contribution in [0.3, 0.4) is 0 Å². The van der Waals surface area contributed by atoms with E-state index in [0.717, 1.165) is 0 Å². The lowest BCUT2D eigenvalue weighted by atomic mass is 10.1. The van der Waals surface area contributed by atoms with E-state index in [1.54, 1.807) is 25.1 Å². The summed E-state index contributed by atoms with van der Waals surface area (Å²) in [5, 5.41) is 14.6. The van der Waals surface area contributed by atoms with E-state index in [9.17, 15) is 9.59 Å². The summed E-state index contributed by atoms with van der Waals surface area (Å²) in [6.45, 7) is 2.01. The monoisotopic (exact) mass is 318 g/mol. The molecule has 0 spiro atoms. The molecule has 0 radical (unpaired) electrons. The molecule has 110 valence electrons. The molecule has 1 aromatic rings. The van der Waals surface area contributed by atoms with Crippen LogP contribution in [0.15, 0.2) is 18.2 Å². The van der Waals surface area contributed by atoms with Gasteiger partial charge in [-0.2, -0.15) is 0 Å². The van der Waals surface area contributed by atoms with Crippen LogP contribution >= 0.6 is 23.2 Å². The molecule has 1 rings (SSSR count). The quantitative estimate of drug-likeness (QED) is 0.701. The third kappa shape index (κ3) is 5.27. The van der Waals surface area contributed by atoms with Crippen LogP contribution in [0.5, 0.6) is 0 Å². The first kappa shape index (κ1) is 16.6. The highest BCUT2D eigenvalue weighted by molar-refractivity contribution is 6.39. The number of carboxylic acids is 1. The summed E-state index contributed by atoms with van der Waals surface area (Å²) in [5.74, 6) is -1.25. The second-order valence-electron chi connectivity index (χ2n) is 4.36. The predicted molar refractivity (Wildman–Crippen MR) is 79.5 cm³/mol. The zero-order chi connectivity index (χ0) is 15.1. The Balaban J connectivity index is 2.36. The molecule has 1 aromatic carbocycles. The minimum atomic E-state index is -0.836. The predicted octanol–water partition coefficient (Wildman–Crippen LogP) is 3.62. The van der Waals surface area contributed by atoms with Crippen LogP contribution in [-0.4, -0.2) is 23.7 Å². The number of hydrogen-bond acceptors (Lipinski definition) is 2. The summed E-state index contributed by atoms with van der Waals surface area (Å²) in [6.07, 6.45) is 1.08. The van der Waals surface area contributed by atoms with E-state index >= 15 is 0 Å². The highest BCUT2D eigenvalue weighted by Gasteiger charge is 2.11. The molecular weight excluding hydrogens is 303 g/mol. The van der Waals surface area contributed by atoms with E-state index in [1.165, 1.54) is 0 Å². The Morgan fingerprint density at radius 2 is 1.90 bits per heavy atom. The number of carbonyl (C=O) groups is 2. The molecule has 0 aromatic heterocycles. The van der Waals surface area contributed by atoms with Crippen molar-refractivity contribution in [2.75, 3.05) is 11.9 Å². The summed E-state index contributed by atoms with van der Waals surface area (Å²) in [4.78, 5) is 22.3. The zero-order valence-corrected chi connectivity index (χ0v) is 12.5. The van der Waals surface area contributed by atoms with E-state index in [-0.39, 0.29) is 0 Å². The number of aliphatic carboxylic acids is 1. The van der Waals surface area contributed by atoms with Crippen molar-refractivity contribution in [3.8, 4) is 0 Å². The second-order valence-corrected chi connectivity index (χ2v) is 5.17. The number of rotatable bonds is 6. The number of carbonyl (C=O) groups excluding carboxylic acids is 1. The lowest BCUT2D eigenvalue weighted by Gasteiger charge is -2.11. The summed E-state index contributed by atoms with van der Waals surface area (Å²) >= 11 is 11.8. The lowest BCUT2D eigenvalue weighted by molar-refractivity contribution is -0.141. The van der Waals surface area contributed by atoms with Crippen LogP contribution in [0, 0.1) is 5.92 Å². The van der Waals surface area contributed by atoms with E-state index in [1.807, 2.05) is 0 Å². The molecule has 0 aliphatic carbocycles. The van der Waals surface area contributed by atoms with Crippen molar-refractivity contribution in [3.63, 3.8) is 0 Å². The van der Waals surface area contributed by atoms with Crippen molar-refractivity contribution < 1.29 is 14.7 Å². The van der Waals surface area contributed by atoms with Crippen LogP contribution in [0.4, 0.5) is 10.5 Å². The van der Waals surface area contributed by atoms with Gasteiger partial charge in [-0.05, 0) is 25.0 Å². The van der Waals surface area contributed by atoms with Gasteiger partial charge in [-0.25, -0.2) is 4.79 Å². The molecule has 5 nitrogen and oxygen atoms in total. The van der Waals surface area contributed by atoms with Crippen molar-refractivity contribution in [1.29, 1.82) is 0 Å². The van der Waals surface area contributed by atoms with Gasteiger partial charge >= 0.3 is 12.0 Å². The third-order valence-electron chi connectivity index (χ3n) is 2.72. The first-order valence-corrected chi connectivity index (χ1v) is 6.89. The first-order chi connectivity index (χ1) is 9.41. The Morgan fingerprint density at radius 1 is 1.30 bits per heavy atom. The molecule has 0 fully saturated rings. The number of carboxylic acid groups (broad SMARTS) is 1. The molecule has 3 N–H and O–H groups in total. The lowest BCUT2D eigenvalue weighted by Crippen LogP contribution is -2.30. The normalized spacial score (nSPS) is 11.8. The fourth-order valence-corrected chi connectivity index (χ4v) is 2.00. The van der Waals surface area contributed by atoms with Crippen molar-refractivity contribution in [2.45, 2.75) is 19.8 Å². The molecule has 0 heterocycles. The van der Waals surface area contributed by atoms with Gasteiger partial charge in [0.1, 0.15) is 0 Å². The summed E-state index contributed by atoms with van der Waals surface area (Å²) in [6, 6.07) is 4.50. The maximum Gasteiger partial charge on any atom is 0.319 e. The van der Waals surface area contributed by atoms with Gasteiger partial charge < -0.3 is 15.7 Å². The third-order valence-corrected chi connectivity index (χ3v) is 3.35. The number of urea groups is 1. The van der Waals surface area contributed by atoms with E-state index in [4.69, 9.17) is 28.3 Å². The molecule has 1 unspecified atom stereocenters. The van der Waals surface area contributed by atoms with E-state index in [2.05, 4.69) is 10.6 Å². The molecule has 0 aliphatic heterocycles. The van der Waals surface area contributed by atoms with E-state index < -0.39 is 17.9 Å². The van der Waals surface area contributed by atoms with Crippen molar-refractivity contribution in [3.05, 3.63) is 28.2 Å². The van der Waals surface area contributed by atoms with Crippen LogP contribution in [0.25, 0.3) is 0 Å². The molecule has 0 bridgehead atoms. The van der Waals surface area contributed by atoms with Gasteiger partial charge in [-0.1, -0.05) is 36.2 Å². The van der Waals surface area contributed by atoms with Crippen LogP contribution < -0.4 is 10.6 Å². The van der Waals surface area contributed by atoms with Crippen LogP contribution in [0.2, 0.25) is 10.0 Å². The molecule has 0 saturated heterocycles. The Kier molecular flexibility index (Phi) is 6.61. The average Bonchev–Trinajstić information content (AvgIpc) is 2.38. The molecule has 0 saturated carbocycles. The minimum absolute atomic E-state index is 0.354. The van der Waals surface area contributed by atoms with Crippen LogP contribution in [0.1, 0.15) is 19.8 Å². The van der Waals surface area contributed by atoms with Gasteiger partial charge in [0.05, 0.1) is 21.7 Å². The second kappa shape index (κ2) is 7.97. The van der Waals surface area contributed by atoms with Gasteiger partial charge in [-0.15, -0.1) is 0 Å². The average molecular weight is 319 g/mol. The van der Waals surface area contributed by atoms with Gasteiger partial charge in [0, 0.05) is 6.54 Å². The zero-order valence-electron chi connectivity index (χ0n) is 11.0. The number of anilines is 1. The number of para-hydroxylation sites is 1. The highest BCUT2D eigenvalue weighted by Crippen LogP contribution is 2.29. The summed E-state index contributed by atoms with van der Waals surface area (Å²) in [5.41, 5.74) is 0.354. The summed E-state index contributed by atoms with van der Waals surface area (Å²) < 4.78 is 0. The van der Waals surface area contributed by atoms with Crippen LogP contribution in [-0.2, 0) is 4.79 Å². The maximum atomic E-state index is 11.6. The molecule has 2 amide bonds. The smallest absolute Gasteiger partial charge is 0.319 e. The molecular formula is C13H16Cl2N2O3. The fourth-order valence-electron chi connectivity index (χ4n) is 1.51. The first-order valence-electron chi connectivity index (χ1n) is 6.13. The standard InChI is InChI=1S/C13H16Cl2N2O3/c1-8(12(18)19)4-3-7-16-13(20)17-11-9(14)5-2-6-10(11)15/h2,5-6,8H,3-4,7H2,1H3,(H,18,19)(H2,16,17,20). The Morgan fingerprint density at radius 3 is 2.45 bits per heavy atom. The minimum Gasteiger partial charge on any atom is -0.481 e. The number of nitrogens with one attached hydrogen (secondary N) is 2. The van der Waals surface area contributed by atoms with Gasteiger partial charge in [0.2, 0.25) is 0 Å². The van der Waals surface area contributed by atoms with Crippen molar-refractivity contribution in [1.82, 2.24) is 5.32 Å². The van der Waals surface area contributed by atoms with Gasteiger partial charge in [-0.3, -0.25) is 4.79 Å². The van der Waals surface area contributed by atoms with Gasteiger partial charge in [0.25, 0.3) is 0 Å². The largest absolute Gasteiger partial charge is 0.481 e. The number of hydrogen-bond donors (Lipinski definition) is 3. The Hall–Kier alpha value is -1.46. The maximum absolute atomic E-state index is 11.6. The molecule has 7 heteroatoms. The van der Waals surface area contributed by atoms with E-state index in [0.29, 0.717) is 35.1 Å². The SMILES string of the molecule is CC(CCCNC(=O)Nc1c(Cl)cccc1Cl)C(=O)O. The summed E-state index contributed by atoms with van der Waals surface area (Å²) in [7, 11) is 0. The molecule has 20 heavy (non-hydrogen) atoms. The topological polar surface area (TPSA) is 78.4 Å². The Labute approximate surface area is 127 Å². The number of amides is 2. The van der Waals surface area contributed by atoms with Gasteiger partial charge in [0.15, 0.2) is 0 Å². The van der Waals surface area contributed by atoms with Crippen molar-refractivity contribution >= 4 is 40.9 Å². The fraction of sp³-hybridized carbons (Fsp3) is 0.385. The molecule has 1 atom stereocenters. The van der Waals surface area contributed by atoms with Crippen molar-refractivity contribution in [2.24, 2.45) is 5.92 Å². The molecule has 0 aliphatic rings. The Bertz CT molecular complexity index is 474. The number of halogens is 2. The highest BCUT2D eigenvalue weighted by atomic mass is 35.5. The number of benzene rings is 1.